The highest BCUT2D eigenvalue weighted by Crippen LogP contribution is 2.23. The van der Waals surface area contributed by atoms with Crippen LogP contribution in [0.15, 0.2) is 46.6 Å². The highest BCUT2D eigenvalue weighted by atomic mass is 16.5. The minimum Gasteiger partial charge on any atom is -0.465 e. The maximum atomic E-state index is 11.7. The van der Waals surface area contributed by atoms with Gasteiger partial charge in [0.15, 0.2) is 0 Å². The van der Waals surface area contributed by atoms with Crippen molar-refractivity contribution < 1.29 is 19.1 Å². The summed E-state index contributed by atoms with van der Waals surface area (Å²) in [6, 6.07) is 8.24. The minimum atomic E-state index is -0.245. The Morgan fingerprint density at radius 2 is 1.25 bits per heavy atom. The van der Waals surface area contributed by atoms with Crippen molar-refractivity contribution in [2.45, 2.75) is 64.7 Å². The molecule has 0 unspecified atom stereocenters. The number of hydrogen-bond donors (Lipinski definition) is 0. The van der Waals surface area contributed by atoms with Crippen molar-refractivity contribution in [1.29, 1.82) is 0 Å². The largest absolute Gasteiger partial charge is 0.465 e. The van der Waals surface area contributed by atoms with Gasteiger partial charge >= 0.3 is 11.9 Å². The fourth-order valence-electron chi connectivity index (χ4n) is 3.79. The topological polar surface area (TPSA) is 87.2 Å². The molecule has 8 heteroatoms. The number of hydrogen-bond acceptors (Lipinski definition) is 6. The van der Waals surface area contributed by atoms with Crippen molar-refractivity contribution in [3.05, 3.63) is 48.0 Å². The average molecular weight is 441 g/mol. The molecule has 0 amide bonds. The van der Waals surface area contributed by atoms with Gasteiger partial charge in [0, 0.05) is 24.8 Å². The fourth-order valence-corrected chi connectivity index (χ4v) is 3.79. The molecular formula is C24H32N4O4. The molecule has 2 aromatic heterocycles. The molecular weight excluding hydrogens is 408 g/mol. The molecule has 2 aromatic rings. The van der Waals surface area contributed by atoms with Crippen LogP contribution < -0.4 is 0 Å². The van der Waals surface area contributed by atoms with Crippen LogP contribution >= 0.6 is 0 Å². The van der Waals surface area contributed by atoms with E-state index in [1.165, 1.54) is 0 Å². The molecule has 0 radical (unpaired) electrons. The first-order valence-corrected chi connectivity index (χ1v) is 11.3. The summed E-state index contributed by atoms with van der Waals surface area (Å²) in [6.45, 7) is 4.76. The Morgan fingerprint density at radius 3 is 1.62 bits per heavy atom. The first-order chi connectivity index (χ1) is 15.6. The molecule has 1 aliphatic rings. The van der Waals surface area contributed by atoms with Crippen LogP contribution in [-0.2, 0) is 32.2 Å². The Labute approximate surface area is 189 Å². The van der Waals surface area contributed by atoms with Gasteiger partial charge in [0.1, 0.15) is 13.1 Å². The lowest BCUT2D eigenvalue weighted by molar-refractivity contribution is -0.144. The van der Waals surface area contributed by atoms with Crippen molar-refractivity contribution in [3.63, 3.8) is 0 Å². The van der Waals surface area contributed by atoms with E-state index in [9.17, 15) is 9.59 Å². The SMILES string of the molecule is CCOC(=O)Cn1cccc1C=NC1CCC(N=Cc2cccn2CC(=O)OCC)CC1. The first-order valence-electron chi connectivity index (χ1n) is 11.3. The summed E-state index contributed by atoms with van der Waals surface area (Å²) in [7, 11) is 0. The monoisotopic (exact) mass is 440 g/mol. The Morgan fingerprint density at radius 1 is 0.844 bits per heavy atom. The predicted octanol–water partition coefficient (Wildman–Crippen LogP) is 3.27. The van der Waals surface area contributed by atoms with Crippen molar-refractivity contribution in [1.82, 2.24) is 9.13 Å². The molecule has 0 aromatic carbocycles. The van der Waals surface area contributed by atoms with Gasteiger partial charge in [-0.1, -0.05) is 0 Å². The fraction of sp³-hybridized carbons (Fsp3) is 0.500. The smallest absolute Gasteiger partial charge is 0.325 e. The van der Waals surface area contributed by atoms with Gasteiger partial charge in [0.2, 0.25) is 0 Å². The van der Waals surface area contributed by atoms with E-state index < -0.39 is 0 Å². The summed E-state index contributed by atoms with van der Waals surface area (Å²) in [4.78, 5) is 32.9. The standard InChI is InChI=1S/C24H32N4O4/c1-3-31-23(29)17-27-13-5-7-21(27)15-25-19-9-11-20(12-10-19)26-16-22-8-6-14-28(22)18-24(30)32-4-2/h5-8,13-16,19-20H,3-4,9-12,17-18H2,1-2H3. The van der Waals surface area contributed by atoms with Crippen LogP contribution in [0, 0.1) is 0 Å². The van der Waals surface area contributed by atoms with E-state index in [4.69, 9.17) is 19.5 Å². The molecule has 32 heavy (non-hydrogen) atoms. The summed E-state index contributed by atoms with van der Waals surface area (Å²) in [5.74, 6) is -0.491. The highest BCUT2D eigenvalue weighted by Gasteiger charge is 2.19. The number of aromatic nitrogens is 2. The zero-order chi connectivity index (χ0) is 22.8. The van der Waals surface area contributed by atoms with Crippen LogP contribution in [0.4, 0.5) is 0 Å². The minimum absolute atomic E-state index is 0.196. The zero-order valence-electron chi connectivity index (χ0n) is 18.9. The number of esters is 2. The quantitative estimate of drug-likeness (QED) is 0.419. The summed E-state index contributed by atoms with van der Waals surface area (Å²) in [6.07, 6.45) is 11.3. The van der Waals surface area contributed by atoms with E-state index in [-0.39, 0.29) is 37.1 Å². The lowest BCUT2D eigenvalue weighted by atomic mass is 9.92. The maximum absolute atomic E-state index is 11.7. The van der Waals surface area contributed by atoms with Gasteiger partial charge in [-0.05, 0) is 63.8 Å². The van der Waals surface area contributed by atoms with E-state index >= 15 is 0 Å². The van der Waals surface area contributed by atoms with E-state index in [1.807, 2.05) is 58.2 Å². The second kappa shape index (κ2) is 12.0. The van der Waals surface area contributed by atoms with Gasteiger partial charge in [-0.15, -0.1) is 0 Å². The third-order valence-electron chi connectivity index (χ3n) is 5.44. The molecule has 8 nitrogen and oxygen atoms in total. The summed E-state index contributed by atoms with van der Waals surface area (Å²) in [5, 5.41) is 0. The van der Waals surface area contributed by atoms with Crippen molar-refractivity contribution in [2.24, 2.45) is 9.98 Å². The van der Waals surface area contributed by atoms with Crippen LogP contribution in [0.25, 0.3) is 0 Å². The molecule has 0 saturated heterocycles. The molecule has 2 heterocycles. The Balaban J connectivity index is 1.48. The summed E-state index contributed by atoms with van der Waals surface area (Å²) < 4.78 is 13.7. The molecule has 3 rings (SSSR count). The third-order valence-corrected chi connectivity index (χ3v) is 5.44. The predicted molar refractivity (Wildman–Crippen MR) is 123 cm³/mol. The molecule has 0 bridgehead atoms. The highest BCUT2D eigenvalue weighted by molar-refractivity contribution is 5.80. The van der Waals surface area contributed by atoms with Gasteiger partial charge in [0.25, 0.3) is 0 Å². The van der Waals surface area contributed by atoms with Crippen LogP contribution in [0.3, 0.4) is 0 Å². The normalized spacial score (nSPS) is 18.9. The van der Waals surface area contributed by atoms with E-state index in [1.54, 1.807) is 13.8 Å². The second-order valence-electron chi connectivity index (χ2n) is 7.75. The molecule has 0 aliphatic heterocycles. The van der Waals surface area contributed by atoms with Crippen LogP contribution in [0.2, 0.25) is 0 Å². The summed E-state index contributed by atoms with van der Waals surface area (Å²) >= 11 is 0. The number of nitrogens with zero attached hydrogens (tertiary/aromatic N) is 4. The number of carbonyl (C=O) groups is 2. The van der Waals surface area contributed by atoms with Gasteiger partial charge in [-0.3, -0.25) is 19.6 Å². The van der Waals surface area contributed by atoms with Crippen LogP contribution in [0.1, 0.15) is 50.9 Å². The zero-order valence-corrected chi connectivity index (χ0v) is 18.9. The molecule has 0 atom stereocenters. The van der Waals surface area contributed by atoms with E-state index in [0.717, 1.165) is 37.1 Å². The van der Waals surface area contributed by atoms with Crippen LogP contribution in [0.5, 0.6) is 0 Å². The number of aliphatic imine (C=N–C) groups is 2. The molecule has 172 valence electrons. The van der Waals surface area contributed by atoms with Crippen molar-refractivity contribution in [3.8, 4) is 0 Å². The number of rotatable bonds is 10. The second-order valence-corrected chi connectivity index (χ2v) is 7.75. The van der Waals surface area contributed by atoms with Crippen LogP contribution in [-0.4, -0.2) is 58.8 Å². The van der Waals surface area contributed by atoms with Gasteiger partial charge < -0.3 is 18.6 Å². The van der Waals surface area contributed by atoms with Gasteiger partial charge in [-0.2, -0.15) is 0 Å². The molecule has 1 saturated carbocycles. The Bertz CT molecular complexity index is 859. The molecule has 1 aliphatic carbocycles. The first kappa shape index (κ1) is 23.5. The molecule has 0 spiro atoms. The Kier molecular flexibility index (Phi) is 8.83. The van der Waals surface area contributed by atoms with E-state index in [0.29, 0.717) is 13.2 Å². The third kappa shape index (κ3) is 6.93. The van der Waals surface area contributed by atoms with Gasteiger partial charge in [0.05, 0.1) is 36.7 Å². The Hall–Kier alpha value is -3.16. The lowest BCUT2D eigenvalue weighted by Crippen LogP contribution is -2.20. The van der Waals surface area contributed by atoms with E-state index in [2.05, 4.69) is 0 Å². The molecule has 1 fully saturated rings. The van der Waals surface area contributed by atoms with Gasteiger partial charge in [-0.25, -0.2) is 0 Å². The average Bonchev–Trinajstić information content (AvgIpc) is 3.41. The van der Waals surface area contributed by atoms with Crippen molar-refractivity contribution >= 4 is 24.4 Å². The van der Waals surface area contributed by atoms with Crippen molar-refractivity contribution in [2.75, 3.05) is 13.2 Å². The molecule has 0 N–H and O–H groups in total. The maximum Gasteiger partial charge on any atom is 0.325 e. The number of ether oxygens (including phenoxy) is 2. The summed E-state index contributed by atoms with van der Waals surface area (Å²) in [5.41, 5.74) is 1.81. The lowest BCUT2D eigenvalue weighted by Gasteiger charge is -2.23. The number of carbonyl (C=O) groups excluding carboxylic acids is 2.